The molecule has 0 aliphatic carbocycles. The van der Waals surface area contributed by atoms with Crippen molar-refractivity contribution in [3.63, 3.8) is 0 Å². The molecule has 3 aromatic carbocycles. The predicted molar refractivity (Wildman–Crippen MR) is 128 cm³/mol. The second-order valence-electron chi connectivity index (χ2n) is 8.48. The molecule has 0 bridgehead atoms. The molecule has 0 atom stereocenters. The topological polar surface area (TPSA) is 59.0 Å². The largest absolute Gasteiger partial charge is 0.324 e. The molecule has 0 spiro atoms. The van der Waals surface area contributed by atoms with Crippen LogP contribution in [0.5, 0.6) is 0 Å². The molecule has 4 rings (SSSR count). The first-order valence-corrected chi connectivity index (χ1v) is 10.7. The summed E-state index contributed by atoms with van der Waals surface area (Å²) in [4.78, 5) is 12.9. The number of carbonyl (C=O) groups excluding carboxylic acids is 1. The van der Waals surface area contributed by atoms with Crippen LogP contribution in [0.25, 0.3) is 16.5 Å². The van der Waals surface area contributed by atoms with Gasteiger partial charge in [0.25, 0.3) is 0 Å². The molecule has 2 N–H and O–H groups in total. The standard InChI is InChI=1S/C25H25ClN4O/c1-25(2,3)22-15-23(30(29-22)19-13-11-17(16-26)12-14-19)28-24(31)27-21-10-6-8-18-7-4-5-9-20(18)21/h4-15H,16H2,1-3H3,(H2,27,28,31). The lowest BCUT2D eigenvalue weighted by Gasteiger charge is -2.14. The van der Waals surface area contributed by atoms with E-state index in [0.29, 0.717) is 11.7 Å². The lowest BCUT2D eigenvalue weighted by molar-refractivity contribution is 0.262. The SMILES string of the molecule is CC(C)(C)c1cc(NC(=O)Nc2cccc3ccccc23)n(-c2ccc(CCl)cc2)n1. The summed E-state index contributed by atoms with van der Waals surface area (Å²) in [6.45, 7) is 6.28. The summed E-state index contributed by atoms with van der Waals surface area (Å²) in [6, 6.07) is 23.2. The summed E-state index contributed by atoms with van der Waals surface area (Å²) >= 11 is 5.92. The number of anilines is 2. The van der Waals surface area contributed by atoms with Crippen LogP contribution < -0.4 is 10.6 Å². The first kappa shape index (κ1) is 20.9. The molecule has 1 aromatic heterocycles. The van der Waals surface area contributed by atoms with Crippen molar-refractivity contribution in [1.82, 2.24) is 9.78 Å². The van der Waals surface area contributed by atoms with Gasteiger partial charge in [-0.05, 0) is 29.1 Å². The Morgan fingerprint density at radius 1 is 0.968 bits per heavy atom. The number of benzene rings is 3. The van der Waals surface area contributed by atoms with Crippen molar-refractivity contribution < 1.29 is 4.79 Å². The van der Waals surface area contributed by atoms with Gasteiger partial charge in [0.1, 0.15) is 5.82 Å². The number of carbonyl (C=O) groups is 1. The van der Waals surface area contributed by atoms with Crippen molar-refractivity contribution in [3.8, 4) is 5.69 Å². The minimum absolute atomic E-state index is 0.163. The zero-order valence-electron chi connectivity index (χ0n) is 17.8. The maximum absolute atomic E-state index is 12.9. The number of amides is 2. The Balaban J connectivity index is 1.64. The number of nitrogens with zero attached hydrogens (tertiary/aromatic N) is 2. The molecule has 0 fully saturated rings. The summed E-state index contributed by atoms with van der Waals surface area (Å²) in [5, 5.41) is 12.8. The Labute approximate surface area is 187 Å². The molecule has 1 heterocycles. The van der Waals surface area contributed by atoms with E-state index in [2.05, 4.69) is 31.4 Å². The molecule has 158 valence electrons. The third-order valence-electron chi connectivity index (χ3n) is 5.09. The number of rotatable bonds is 4. The molecule has 6 heteroatoms. The monoisotopic (exact) mass is 432 g/mol. The van der Waals surface area contributed by atoms with Crippen LogP contribution in [0, 0.1) is 0 Å². The molecule has 31 heavy (non-hydrogen) atoms. The highest BCUT2D eigenvalue weighted by molar-refractivity contribution is 6.17. The highest BCUT2D eigenvalue weighted by atomic mass is 35.5. The Bertz CT molecular complexity index is 1220. The van der Waals surface area contributed by atoms with Gasteiger partial charge in [-0.2, -0.15) is 5.10 Å². The van der Waals surface area contributed by atoms with Crippen LogP contribution in [-0.4, -0.2) is 15.8 Å². The summed E-state index contributed by atoms with van der Waals surface area (Å²) in [7, 11) is 0. The number of halogens is 1. The van der Waals surface area contributed by atoms with Crippen LogP contribution in [0.2, 0.25) is 0 Å². The maximum atomic E-state index is 12.9. The second-order valence-corrected chi connectivity index (χ2v) is 8.75. The quantitative estimate of drug-likeness (QED) is 0.352. The van der Waals surface area contributed by atoms with E-state index >= 15 is 0 Å². The predicted octanol–water partition coefficient (Wildman–Crippen LogP) is 6.71. The Kier molecular flexibility index (Phi) is 5.70. The molecule has 0 aliphatic rings. The maximum Gasteiger partial charge on any atom is 0.324 e. The van der Waals surface area contributed by atoms with Crippen LogP contribution in [0.15, 0.2) is 72.8 Å². The van der Waals surface area contributed by atoms with Gasteiger partial charge in [0.2, 0.25) is 0 Å². The summed E-state index contributed by atoms with van der Waals surface area (Å²) < 4.78 is 1.75. The van der Waals surface area contributed by atoms with Crippen molar-refractivity contribution in [2.24, 2.45) is 0 Å². The molecule has 0 radical (unpaired) electrons. The highest BCUT2D eigenvalue weighted by Crippen LogP contribution is 2.27. The van der Waals surface area contributed by atoms with Crippen LogP contribution in [0.3, 0.4) is 0 Å². The molecular formula is C25H25ClN4O. The molecule has 0 aliphatic heterocycles. The number of alkyl halides is 1. The minimum atomic E-state index is -0.324. The smallest absolute Gasteiger partial charge is 0.307 e. The van der Waals surface area contributed by atoms with Gasteiger partial charge in [0, 0.05) is 22.7 Å². The molecule has 5 nitrogen and oxygen atoms in total. The van der Waals surface area contributed by atoms with E-state index in [-0.39, 0.29) is 11.4 Å². The second kappa shape index (κ2) is 8.44. The van der Waals surface area contributed by atoms with Crippen LogP contribution in [0.4, 0.5) is 16.3 Å². The van der Waals surface area contributed by atoms with E-state index in [9.17, 15) is 4.79 Å². The highest BCUT2D eigenvalue weighted by Gasteiger charge is 2.21. The normalized spacial score (nSPS) is 11.5. The van der Waals surface area contributed by atoms with Crippen LogP contribution in [-0.2, 0) is 11.3 Å². The fraction of sp³-hybridized carbons (Fsp3) is 0.200. The van der Waals surface area contributed by atoms with Crippen LogP contribution >= 0.6 is 11.6 Å². The van der Waals surface area contributed by atoms with Crippen molar-refractivity contribution in [1.29, 1.82) is 0 Å². The summed E-state index contributed by atoms with van der Waals surface area (Å²) in [5.74, 6) is 1.05. The van der Waals surface area contributed by atoms with Crippen molar-refractivity contribution >= 4 is 39.9 Å². The number of urea groups is 1. The zero-order valence-corrected chi connectivity index (χ0v) is 18.6. The molecule has 0 saturated heterocycles. The average molecular weight is 433 g/mol. The fourth-order valence-electron chi connectivity index (χ4n) is 3.36. The van der Waals surface area contributed by atoms with E-state index in [0.717, 1.165) is 33.4 Å². The molecule has 0 unspecified atom stereocenters. The van der Waals surface area contributed by atoms with Gasteiger partial charge in [0.05, 0.1) is 17.1 Å². The van der Waals surface area contributed by atoms with Crippen molar-refractivity contribution in [2.75, 3.05) is 10.6 Å². The van der Waals surface area contributed by atoms with Gasteiger partial charge in [-0.3, -0.25) is 5.32 Å². The first-order chi connectivity index (χ1) is 14.8. The molecule has 0 saturated carbocycles. The molecule has 2 amide bonds. The summed E-state index contributed by atoms with van der Waals surface area (Å²) in [5.41, 5.74) is 3.35. The Morgan fingerprint density at radius 2 is 1.68 bits per heavy atom. The number of hydrogen-bond donors (Lipinski definition) is 2. The number of hydrogen-bond acceptors (Lipinski definition) is 2. The minimum Gasteiger partial charge on any atom is -0.307 e. The van der Waals surface area contributed by atoms with E-state index in [1.807, 2.05) is 72.8 Å². The number of aromatic nitrogens is 2. The van der Waals surface area contributed by atoms with Gasteiger partial charge in [0.15, 0.2) is 0 Å². The van der Waals surface area contributed by atoms with E-state index in [4.69, 9.17) is 16.7 Å². The van der Waals surface area contributed by atoms with Gasteiger partial charge >= 0.3 is 6.03 Å². The first-order valence-electron chi connectivity index (χ1n) is 10.2. The van der Waals surface area contributed by atoms with Crippen LogP contribution in [0.1, 0.15) is 32.0 Å². The van der Waals surface area contributed by atoms with Gasteiger partial charge in [-0.25, -0.2) is 9.48 Å². The van der Waals surface area contributed by atoms with Gasteiger partial charge in [-0.15, -0.1) is 11.6 Å². The molecular weight excluding hydrogens is 408 g/mol. The third kappa shape index (κ3) is 4.57. The van der Waals surface area contributed by atoms with Gasteiger partial charge in [-0.1, -0.05) is 69.3 Å². The Morgan fingerprint density at radius 3 is 2.39 bits per heavy atom. The lowest BCUT2D eigenvalue weighted by atomic mass is 9.92. The van der Waals surface area contributed by atoms with Crippen molar-refractivity contribution in [3.05, 3.63) is 84.1 Å². The molecule has 4 aromatic rings. The van der Waals surface area contributed by atoms with Gasteiger partial charge < -0.3 is 5.32 Å². The third-order valence-corrected chi connectivity index (χ3v) is 5.40. The number of fused-ring (bicyclic) bond motifs is 1. The lowest BCUT2D eigenvalue weighted by Crippen LogP contribution is -2.21. The average Bonchev–Trinajstić information content (AvgIpc) is 3.18. The van der Waals surface area contributed by atoms with E-state index in [1.54, 1.807) is 4.68 Å². The van der Waals surface area contributed by atoms with Crippen molar-refractivity contribution in [2.45, 2.75) is 32.1 Å². The van der Waals surface area contributed by atoms with E-state index in [1.165, 1.54) is 0 Å². The van der Waals surface area contributed by atoms with E-state index < -0.39 is 0 Å². The zero-order chi connectivity index (χ0) is 22.0. The number of nitrogens with one attached hydrogen (secondary N) is 2. The summed E-state index contributed by atoms with van der Waals surface area (Å²) in [6.07, 6.45) is 0. The Hall–Kier alpha value is -3.31. The fourth-order valence-corrected chi connectivity index (χ4v) is 3.54.